The number of benzene rings is 1. The Labute approximate surface area is 114 Å². The van der Waals surface area contributed by atoms with Crippen molar-refractivity contribution in [3.8, 4) is 5.75 Å². The molecule has 2 rings (SSSR count). The van der Waals surface area contributed by atoms with Gasteiger partial charge in [-0.05, 0) is 37.6 Å². The summed E-state index contributed by atoms with van der Waals surface area (Å²) in [5, 5.41) is 3.23. The molecule has 1 aliphatic carbocycles. The maximum atomic E-state index is 12.2. The largest absolute Gasteiger partial charge is 0.497 e. The van der Waals surface area contributed by atoms with Crippen molar-refractivity contribution in [1.29, 1.82) is 0 Å². The summed E-state index contributed by atoms with van der Waals surface area (Å²) >= 11 is 0. The Morgan fingerprint density at radius 3 is 2.39 bits per heavy atom. The Bertz CT molecular complexity index is 405. The lowest BCUT2D eigenvalue weighted by molar-refractivity contribution is -0.127. The standard InChI is InChI=1S/C14H19NO2.ClH/c1-15-14(10-4-3-5-13(14)16)11-6-8-12(17-2)9-7-11;/h6-9,15H,3-5,10H2,1-2H3;1H. The number of nitrogens with one attached hydrogen (secondary N) is 1. The van der Waals surface area contributed by atoms with E-state index in [1.807, 2.05) is 31.3 Å². The van der Waals surface area contributed by atoms with Crippen LogP contribution in [0.4, 0.5) is 0 Å². The molecule has 1 aliphatic rings. The monoisotopic (exact) mass is 269 g/mol. The predicted octanol–water partition coefficient (Wildman–Crippen LogP) is 2.67. The fourth-order valence-electron chi connectivity index (χ4n) is 2.62. The molecule has 0 spiro atoms. The van der Waals surface area contributed by atoms with E-state index in [0.29, 0.717) is 12.2 Å². The average Bonchev–Trinajstić information content (AvgIpc) is 2.40. The van der Waals surface area contributed by atoms with Crippen LogP contribution in [-0.4, -0.2) is 19.9 Å². The lowest BCUT2D eigenvalue weighted by Crippen LogP contribution is -2.49. The van der Waals surface area contributed by atoms with Crippen molar-refractivity contribution in [2.24, 2.45) is 0 Å². The smallest absolute Gasteiger partial charge is 0.157 e. The van der Waals surface area contributed by atoms with Gasteiger partial charge in [0.25, 0.3) is 0 Å². The highest BCUT2D eigenvalue weighted by atomic mass is 35.5. The summed E-state index contributed by atoms with van der Waals surface area (Å²) in [5.74, 6) is 1.12. The molecular formula is C14H20ClNO2. The van der Waals surface area contributed by atoms with Crippen LogP contribution >= 0.6 is 12.4 Å². The average molecular weight is 270 g/mol. The molecule has 3 nitrogen and oxygen atoms in total. The van der Waals surface area contributed by atoms with Crippen LogP contribution in [0.5, 0.6) is 5.75 Å². The first kappa shape index (κ1) is 15.0. The van der Waals surface area contributed by atoms with Crippen molar-refractivity contribution in [3.05, 3.63) is 29.8 Å². The minimum atomic E-state index is -0.482. The quantitative estimate of drug-likeness (QED) is 0.917. The first-order valence-electron chi connectivity index (χ1n) is 6.09. The molecule has 1 N–H and O–H groups in total. The maximum absolute atomic E-state index is 12.2. The molecule has 0 heterocycles. The number of hydrogen-bond acceptors (Lipinski definition) is 3. The molecule has 1 atom stereocenters. The molecule has 0 radical (unpaired) electrons. The highest BCUT2D eigenvalue weighted by Crippen LogP contribution is 2.34. The molecule has 0 amide bonds. The number of carbonyl (C=O) groups excluding carboxylic acids is 1. The molecule has 1 aromatic rings. The third-order valence-electron chi connectivity index (χ3n) is 3.69. The number of methoxy groups -OCH3 is 1. The highest BCUT2D eigenvalue weighted by molar-refractivity contribution is 5.90. The topological polar surface area (TPSA) is 38.3 Å². The Kier molecular flexibility index (Phi) is 5.17. The van der Waals surface area contributed by atoms with Crippen LogP contribution in [0.25, 0.3) is 0 Å². The van der Waals surface area contributed by atoms with Gasteiger partial charge >= 0.3 is 0 Å². The van der Waals surface area contributed by atoms with E-state index in [2.05, 4.69) is 5.32 Å². The molecule has 18 heavy (non-hydrogen) atoms. The molecule has 1 unspecified atom stereocenters. The molecule has 1 saturated carbocycles. The Balaban J connectivity index is 0.00000162. The SMILES string of the molecule is CNC1(c2ccc(OC)cc2)CCCCC1=O.Cl. The van der Waals surface area contributed by atoms with E-state index in [4.69, 9.17) is 4.74 Å². The van der Waals surface area contributed by atoms with Crippen LogP contribution in [0.15, 0.2) is 24.3 Å². The Morgan fingerprint density at radius 2 is 1.89 bits per heavy atom. The molecule has 0 bridgehead atoms. The van der Waals surface area contributed by atoms with Crippen LogP contribution in [0.1, 0.15) is 31.2 Å². The van der Waals surface area contributed by atoms with Gasteiger partial charge in [0.05, 0.1) is 7.11 Å². The Morgan fingerprint density at radius 1 is 1.22 bits per heavy atom. The molecule has 1 aromatic carbocycles. The molecular weight excluding hydrogens is 250 g/mol. The van der Waals surface area contributed by atoms with Crippen molar-refractivity contribution in [2.75, 3.05) is 14.2 Å². The highest BCUT2D eigenvalue weighted by Gasteiger charge is 2.39. The van der Waals surface area contributed by atoms with E-state index < -0.39 is 5.54 Å². The van der Waals surface area contributed by atoms with E-state index in [-0.39, 0.29) is 12.4 Å². The summed E-state index contributed by atoms with van der Waals surface area (Å²) in [6.07, 6.45) is 3.67. The van der Waals surface area contributed by atoms with Crippen molar-refractivity contribution < 1.29 is 9.53 Å². The molecule has 100 valence electrons. The van der Waals surface area contributed by atoms with Gasteiger partial charge in [-0.2, -0.15) is 0 Å². The molecule has 4 heteroatoms. The van der Waals surface area contributed by atoms with Gasteiger partial charge in [-0.25, -0.2) is 0 Å². The zero-order valence-electron chi connectivity index (χ0n) is 10.9. The minimum absolute atomic E-state index is 0. The molecule has 1 fully saturated rings. The fourth-order valence-corrected chi connectivity index (χ4v) is 2.62. The summed E-state index contributed by atoms with van der Waals surface area (Å²) in [6, 6.07) is 7.80. The first-order chi connectivity index (χ1) is 8.23. The number of carbonyl (C=O) groups is 1. The second-order valence-electron chi connectivity index (χ2n) is 4.51. The van der Waals surface area contributed by atoms with Crippen molar-refractivity contribution in [2.45, 2.75) is 31.2 Å². The van der Waals surface area contributed by atoms with Crippen molar-refractivity contribution >= 4 is 18.2 Å². The normalized spacial score (nSPS) is 23.3. The summed E-state index contributed by atoms with van der Waals surface area (Å²) < 4.78 is 5.14. The molecule has 0 aromatic heterocycles. The van der Waals surface area contributed by atoms with Crippen LogP contribution < -0.4 is 10.1 Å². The number of ether oxygens (including phenoxy) is 1. The fraction of sp³-hybridized carbons (Fsp3) is 0.500. The zero-order valence-corrected chi connectivity index (χ0v) is 11.7. The van der Waals surface area contributed by atoms with Crippen LogP contribution in [-0.2, 0) is 10.3 Å². The van der Waals surface area contributed by atoms with E-state index in [9.17, 15) is 4.79 Å². The number of hydrogen-bond donors (Lipinski definition) is 1. The van der Waals surface area contributed by atoms with E-state index >= 15 is 0 Å². The number of halogens is 1. The number of Topliss-reactive ketones (excluding diaryl/α,β-unsaturated/α-hetero) is 1. The number of ketones is 1. The van der Waals surface area contributed by atoms with Gasteiger partial charge in [0.15, 0.2) is 5.78 Å². The predicted molar refractivity (Wildman–Crippen MR) is 74.5 cm³/mol. The van der Waals surface area contributed by atoms with E-state index in [1.54, 1.807) is 7.11 Å². The second kappa shape index (κ2) is 6.21. The van der Waals surface area contributed by atoms with Crippen molar-refractivity contribution in [1.82, 2.24) is 5.32 Å². The van der Waals surface area contributed by atoms with Gasteiger partial charge in [-0.15, -0.1) is 12.4 Å². The minimum Gasteiger partial charge on any atom is -0.497 e. The van der Waals surface area contributed by atoms with E-state index in [0.717, 1.165) is 30.6 Å². The van der Waals surface area contributed by atoms with Gasteiger partial charge in [0.2, 0.25) is 0 Å². The zero-order chi connectivity index (χ0) is 12.3. The van der Waals surface area contributed by atoms with Crippen LogP contribution in [0.3, 0.4) is 0 Å². The molecule has 0 saturated heterocycles. The van der Waals surface area contributed by atoms with Crippen molar-refractivity contribution in [3.63, 3.8) is 0 Å². The van der Waals surface area contributed by atoms with Gasteiger partial charge in [-0.1, -0.05) is 18.6 Å². The number of likely N-dealkylation sites (N-methyl/N-ethyl adjacent to an activating group) is 1. The van der Waals surface area contributed by atoms with Crippen LogP contribution in [0, 0.1) is 0 Å². The van der Waals surface area contributed by atoms with Gasteiger partial charge in [-0.3, -0.25) is 4.79 Å². The van der Waals surface area contributed by atoms with E-state index in [1.165, 1.54) is 0 Å². The maximum Gasteiger partial charge on any atom is 0.157 e. The van der Waals surface area contributed by atoms with Gasteiger partial charge in [0.1, 0.15) is 11.3 Å². The third-order valence-corrected chi connectivity index (χ3v) is 3.69. The number of rotatable bonds is 3. The summed E-state index contributed by atoms with van der Waals surface area (Å²) in [7, 11) is 3.52. The van der Waals surface area contributed by atoms with Gasteiger partial charge in [0, 0.05) is 6.42 Å². The Hall–Kier alpha value is -1.06. The lowest BCUT2D eigenvalue weighted by Gasteiger charge is -2.36. The summed E-state index contributed by atoms with van der Waals surface area (Å²) in [5.41, 5.74) is 0.565. The summed E-state index contributed by atoms with van der Waals surface area (Å²) in [4.78, 5) is 12.2. The second-order valence-corrected chi connectivity index (χ2v) is 4.51. The summed E-state index contributed by atoms with van der Waals surface area (Å²) in [6.45, 7) is 0. The van der Waals surface area contributed by atoms with Crippen LogP contribution in [0.2, 0.25) is 0 Å². The first-order valence-corrected chi connectivity index (χ1v) is 6.09. The molecule has 0 aliphatic heterocycles. The lowest BCUT2D eigenvalue weighted by atomic mass is 9.75. The third kappa shape index (κ3) is 2.52. The van der Waals surface area contributed by atoms with Gasteiger partial charge < -0.3 is 10.1 Å².